The molecule has 1 aliphatic heterocycles. The molecular formula is C15H16ClF3NNaO3. The molecule has 1 heterocycles. The first-order valence-electron chi connectivity index (χ1n) is 6.85. The van der Waals surface area contributed by atoms with Gasteiger partial charge in [0.2, 0.25) is 6.10 Å². The number of nitrogens with one attached hydrogen (secondary N) is 1. The summed E-state index contributed by atoms with van der Waals surface area (Å²) >= 11 is 6.08. The number of hydrogen-bond donors (Lipinski definition) is 2. The van der Waals surface area contributed by atoms with Crippen LogP contribution >= 0.6 is 11.6 Å². The first kappa shape index (κ1) is 21.2. The van der Waals surface area contributed by atoms with Crippen molar-refractivity contribution in [1.29, 1.82) is 0 Å². The van der Waals surface area contributed by atoms with Crippen molar-refractivity contribution in [2.45, 2.75) is 26.1 Å². The van der Waals surface area contributed by atoms with Gasteiger partial charge < -0.3 is 15.2 Å². The van der Waals surface area contributed by atoms with Gasteiger partial charge in [-0.1, -0.05) is 25.4 Å². The van der Waals surface area contributed by atoms with Crippen molar-refractivity contribution in [2.75, 3.05) is 11.9 Å². The van der Waals surface area contributed by atoms with Crippen LogP contribution in [0.4, 0.5) is 18.9 Å². The summed E-state index contributed by atoms with van der Waals surface area (Å²) in [5.74, 6) is -1.44. The second-order valence-corrected chi connectivity index (χ2v) is 6.00. The third-order valence-corrected chi connectivity index (χ3v) is 3.50. The van der Waals surface area contributed by atoms with Gasteiger partial charge in [-0.25, -0.2) is 4.79 Å². The summed E-state index contributed by atoms with van der Waals surface area (Å²) in [6.45, 7) is 4.52. The fourth-order valence-corrected chi connectivity index (χ4v) is 2.32. The van der Waals surface area contributed by atoms with Gasteiger partial charge >= 0.3 is 41.7 Å². The second-order valence-electron chi connectivity index (χ2n) is 5.59. The van der Waals surface area contributed by atoms with Gasteiger partial charge in [-0.2, -0.15) is 13.2 Å². The SMILES string of the molecule is CC(C)CNc1cc2c(cc1Cl)C=C(C(=O)O)C(C(F)(F)F)O2.[NaH]. The first-order valence-corrected chi connectivity index (χ1v) is 7.23. The zero-order valence-corrected chi connectivity index (χ0v) is 13.1. The molecule has 1 aliphatic rings. The molecule has 9 heteroatoms. The summed E-state index contributed by atoms with van der Waals surface area (Å²) in [6, 6.07) is 2.74. The summed E-state index contributed by atoms with van der Waals surface area (Å²) in [7, 11) is 0. The summed E-state index contributed by atoms with van der Waals surface area (Å²) in [6.07, 6.45) is -6.39. The number of benzene rings is 1. The summed E-state index contributed by atoms with van der Waals surface area (Å²) in [5.41, 5.74) is -0.237. The van der Waals surface area contributed by atoms with Gasteiger partial charge in [-0.05, 0) is 18.1 Å². The van der Waals surface area contributed by atoms with Crippen LogP contribution in [0.3, 0.4) is 0 Å². The number of halogens is 4. The van der Waals surface area contributed by atoms with Gasteiger partial charge in [0.1, 0.15) is 5.75 Å². The zero-order chi connectivity index (χ0) is 17.4. The Morgan fingerprint density at radius 3 is 2.54 bits per heavy atom. The van der Waals surface area contributed by atoms with E-state index in [0.29, 0.717) is 18.2 Å². The fourth-order valence-electron chi connectivity index (χ4n) is 2.08. The predicted molar refractivity (Wildman–Crippen MR) is 88.0 cm³/mol. The van der Waals surface area contributed by atoms with Crippen molar-refractivity contribution in [2.24, 2.45) is 5.92 Å². The standard InChI is InChI=1S/C15H15ClF3NO3.Na.H/c1-7(2)6-20-11-5-12-8(4-10(11)16)3-9(14(21)22)13(23-12)15(17,18)19;;/h3-5,7,13,20H,6H2,1-2H3,(H,21,22);;. The predicted octanol–water partition coefficient (Wildman–Crippen LogP) is 3.55. The molecule has 1 aromatic rings. The fraction of sp³-hybridized carbons (Fsp3) is 0.400. The maximum atomic E-state index is 13.0. The number of aliphatic carboxylic acids is 1. The van der Waals surface area contributed by atoms with Crippen LogP contribution in [0.25, 0.3) is 6.08 Å². The van der Waals surface area contributed by atoms with Crippen LogP contribution in [0, 0.1) is 5.92 Å². The number of anilines is 1. The Morgan fingerprint density at radius 1 is 1.42 bits per heavy atom. The van der Waals surface area contributed by atoms with E-state index in [1.165, 1.54) is 12.1 Å². The van der Waals surface area contributed by atoms with Crippen LogP contribution in [0.15, 0.2) is 17.7 Å². The van der Waals surface area contributed by atoms with Gasteiger partial charge in [0.25, 0.3) is 0 Å². The van der Waals surface area contributed by atoms with E-state index < -0.39 is 23.8 Å². The summed E-state index contributed by atoms with van der Waals surface area (Å²) < 4.78 is 43.9. The molecule has 0 aliphatic carbocycles. The van der Waals surface area contributed by atoms with Crippen LogP contribution in [0.2, 0.25) is 5.02 Å². The van der Waals surface area contributed by atoms with Gasteiger partial charge in [0.15, 0.2) is 0 Å². The van der Waals surface area contributed by atoms with Crippen LogP contribution in [0.1, 0.15) is 19.4 Å². The average molecular weight is 374 g/mol. The molecule has 0 radical (unpaired) electrons. The van der Waals surface area contributed by atoms with E-state index in [-0.39, 0.29) is 45.9 Å². The molecule has 0 saturated heterocycles. The number of rotatable bonds is 4. The minimum atomic E-state index is -4.83. The van der Waals surface area contributed by atoms with Crippen molar-refractivity contribution in [3.05, 3.63) is 28.3 Å². The second kappa shape index (κ2) is 7.99. The molecule has 0 spiro atoms. The molecule has 0 amide bonds. The number of carboxylic acids is 1. The normalized spacial score (nSPS) is 16.6. The van der Waals surface area contributed by atoms with Crippen LogP contribution in [0.5, 0.6) is 5.75 Å². The van der Waals surface area contributed by atoms with Crippen LogP contribution in [-0.4, -0.2) is 59.5 Å². The third kappa shape index (κ3) is 4.81. The summed E-state index contributed by atoms with van der Waals surface area (Å²) in [4.78, 5) is 11.1. The monoisotopic (exact) mass is 373 g/mol. The molecule has 1 aromatic carbocycles. The average Bonchev–Trinajstić information content (AvgIpc) is 2.42. The number of ether oxygens (including phenoxy) is 1. The van der Waals surface area contributed by atoms with E-state index in [4.69, 9.17) is 21.4 Å². The van der Waals surface area contributed by atoms with E-state index in [1.807, 2.05) is 13.8 Å². The Kier molecular flexibility index (Phi) is 7.04. The minimum absolute atomic E-state index is 0. The van der Waals surface area contributed by atoms with Crippen molar-refractivity contribution >= 4 is 58.9 Å². The molecule has 128 valence electrons. The van der Waals surface area contributed by atoms with E-state index in [0.717, 1.165) is 6.08 Å². The Bertz CT molecular complexity index is 662. The number of hydrogen-bond acceptors (Lipinski definition) is 3. The Labute approximate surface area is 164 Å². The van der Waals surface area contributed by atoms with Gasteiger partial charge in [-0.15, -0.1) is 0 Å². The van der Waals surface area contributed by atoms with Crippen LogP contribution in [-0.2, 0) is 4.79 Å². The summed E-state index contributed by atoms with van der Waals surface area (Å²) in [5, 5.41) is 12.3. The van der Waals surface area contributed by atoms with Gasteiger partial charge in [0, 0.05) is 18.2 Å². The Balaban J connectivity index is 0.00000288. The molecule has 4 nitrogen and oxygen atoms in total. The van der Waals surface area contributed by atoms with E-state index in [1.54, 1.807) is 0 Å². The number of fused-ring (bicyclic) bond motifs is 1. The third-order valence-electron chi connectivity index (χ3n) is 3.18. The Hall–Kier alpha value is -0.890. The molecule has 2 N–H and O–H groups in total. The van der Waals surface area contributed by atoms with Crippen molar-refractivity contribution in [3.8, 4) is 5.75 Å². The van der Waals surface area contributed by atoms with Crippen molar-refractivity contribution in [1.82, 2.24) is 0 Å². The van der Waals surface area contributed by atoms with E-state index in [9.17, 15) is 18.0 Å². The van der Waals surface area contributed by atoms with Gasteiger partial charge in [-0.3, -0.25) is 0 Å². The van der Waals surface area contributed by atoms with E-state index >= 15 is 0 Å². The molecule has 24 heavy (non-hydrogen) atoms. The molecule has 0 saturated carbocycles. The zero-order valence-electron chi connectivity index (χ0n) is 12.4. The van der Waals surface area contributed by atoms with Crippen molar-refractivity contribution < 1.29 is 27.8 Å². The maximum absolute atomic E-state index is 13.0. The van der Waals surface area contributed by atoms with Crippen molar-refractivity contribution in [3.63, 3.8) is 0 Å². The topological polar surface area (TPSA) is 58.6 Å². The molecule has 1 atom stereocenters. The quantitative estimate of drug-likeness (QED) is 0.792. The number of carbonyl (C=O) groups is 1. The first-order chi connectivity index (χ1) is 10.6. The molecule has 0 fully saturated rings. The molecular weight excluding hydrogens is 358 g/mol. The molecule has 0 bridgehead atoms. The Morgan fingerprint density at radius 2 is 2.04 bits per heavy atom. The molecule has 2 rings (SSSR count). The number of carboxylic acid groups (broad SMARTS) is 1. The molecule has 1 unspecified atom stereocenters. The van der Waals surface area contributed by atoms with Gasteiger partial charge in [0.05, 0.1) is 16.3 Å². The number of alkyl halides is 3. The van der Waals surface area contributed by atoms with E-state index in [2.05, 4.69) is 5.32 Å². The molecule has 0 aromatic heterocycles. The van der Waals surface area contributed by atoms with Crippen LogP contribution < -0.4 is 10.1 Å².